The molecule has 1 unspecified atom stereocenters. The molecule has 0 bridgehead atoms. The minimum Gasteiger partial charge on any atom is -0.477 e. The summed E-state index contributed by atoms with van der Waals surface area (Å²) in [6.07, 6.45) is 2.41. The first kappa shape index (κ1) is 26.8. The van der Waals surface area contributed by atoms with Gasteiger partial charge in [-0.1, -0.05) is 17.8 Å². The molecule has 0 aromatic carbocycles. The van der Waals surface area contributed by atoms with E-state index >= 15 is 0 Å². The van der Waals surface area contributed by atoms with Crippen LogP contribution in [0.15, 0.2) is 39.6 Å². The average molecular weight is 571 g/mol. The van der Waals surface area contributed by atoms with Crippen molar-refractivity contribution in [1.82, 2.24) is 40.5 Å². The van der Waals surface area contributed by atoms with Gasteiger partial charge in [-0.05, 0) is 23.3 Å². The van der Waals surface area contributed by atoms with Crippen LogP contribution >= 0.6 is 23.5 Å². The van der Waals surface area contributed by atoms with E-state index in [-0.39, 0.29) is 41.6 Å². The van der Waals surface area contributed by atoms with Crippen molar-refractivity contribution >= 4 is 51.3 Å². The molecule has 5 N–H and O–H groups in total. The number of hydrogen-bond donors (Lipinski definition) is 5. The van der Waals surface area contributed by atoms with Crippen molar-refractivity contribution in [2.24, 2.45) is 0 Å². The van der Waals surface area contributed by atoms with Gasteiger partial charge in [0.2, 0.25) is 21.1 Å². The van der Waals surface area contributed by atoms with Gasteiger partial charge in [-0.25, -0.2) is 17.9 Å². The summed E-state index contributed by atoms with van der Waals surface area (Å²) in [7, 11) is -3.48. The maximum absolute atomic E-state index is 13.0. The number of sulfonamides is 1. The summed E-state index contributed by atoms with van der Waals surface area (Å²) >= 11 is 2.36. The van der Waals surface area contributed by atoms with Crippen LogP contribution in [0.5, 0.6) is 0 Å². The molecule has 0 spiro atoms. The zero-order valence-corrected chi connectivity index (χ0v) is 21.7. The molecule has 37 heavy (non-hydrogen) atoms. The van der Waals surface area contributed by atoms with E-state index in [1.54, 1.807) is 6.07 Å². The van der Waals surface area contributed by atoms with Crippen molar-refractivity contribution in [1.29, 1.82) is 0 Å². The number of fused-ring (bicyclic) bond motifs is 1. The number of rotatable bonds is 11. The van der Waals surface area contributed by atoms with Crippen molar-refractivity contribution in [2.45, 2.75) is 34.7 Å². The van der Waals surface area contributed by atoms with Crippen LogP contribution in [-0.2, 0) is 30.8 Å². The fourth-order valence-corrected chi connectivity index (χ4v) is 6.92. The first-order chi connectivity index (χ1) is 17.5. The van der Waals surface area contributed by atoms with E-state index < -0.39 is 50.0 Å². The van der Waals surface area contributed by atoms with Crippen LogP contribution in [-0.4, -0.2) is 97.0 Å². The topological polar surface area (TPSA) is 220 Å². The third kappa shape index (κ3) is 6.20. The Kier molecular flexibility index (Phi) is 8.00. The van der Waals surface area contributed by atoms with E-state index in [1.807, 2.05) is 0 Å². The highest BCUT2D eigenvalue weighted by atomic mass is 32.2. The molecule has 0 radical (unpaired) electrons. The normalized spacial score (nSPS) is 20.2. The Hall–Kier alpha value is -3.22. The molecular weight excluding hydrogens is 548 g/mol. The summed E-state index contributed by atoms with van der Waals surface area (Å²) in [5.74, 6) is -2.27. The number of carboxylic acid groups (broad SMARTS) is 1. The number of tetrazole rings is 1. The highest BCUT2D eigenvalue weighted by Gasteiger charge is 2.54. The molecule has 2 aliphatic heterocycles. The van der Waals surface area contributed by atoms with Crippen LogP contribution in [0.2, 0.25) is 0 Å². The SMILES string of the molecule is CS(=O)(=O)NCCC(Sc1nn[nH]n1)C1=C(C(=O)O)N2C(=O)[C@@H](NC(=O)Cc3ccc[nH]c3=O)[C@@H]2SC1. The highest BCUT2D eigenvalue weighted by Crippen LogP contribution is 2.44. The number of β-lactam (4-membered cyclic amide) rings is 1. The molecule has 1 fully saturated rings. The zero-order valence-electron chi connectivity index (χ0n) is 19.2. The van der Waals surface area contributed by atoms with Crippen LogP contribution in [0.1, 0.15) is 12.0 Å². The molecule has 3 atom stereocenters. The molecule has 198 valence electrons. The molecule has 2 aliphatic rings. The summed E-state index contributed by atoms with van der Waals surface area (Å²) in [6.45, 7) is 0.0179. The summed E-state index contributed by atoms with van der Waals surface area (Å²) in [6, 6.07) is 2.13. The van der Waals surface area contributed by atoms with Gasteiger partial charge in [-0.15, -0.1) is 22.0 Å². The van der Waals surface area contributed by atoms with Crippen LogP contribution in [0.25, 0.3) is 0 Å². The van der Waals surface area contributed by atoms with Crippen molar-refractivity contribution in [3.8, 4) is 0 Å². The zero-order chi connectivity index (χ0) is 26.7. The number of pyridine rings is 1. The number of nitrogens with zero attached hydrogens (tertiary/aromatic N) is 4. The first-order valence-electron chi connectivity index (χ1n) is 10.8. The number of hydrogen-bond acceptors (Lipinski definition) is 11. The van der Waals surface area contributed by atoms with E-state index in [0.29, 0.717) is 5.57 Å². The monoisotopic (exact) mass is 570 g/mol. The van der Waals surface area contributed by atoms with Gasteiger partial charge >= 0.3 is 5.97 Å². The minimum absolute atomic E-state index is 0.0179. The quantitative estimate of drug-likeness (QED) is 0.150. The van der Waals surface area contributed by atoms with Gasteiger partial charge in [0.1, 0.15) is 17.1 Å². The molecule has 4 heterocycles. The maximum Gasteiger partial charge on any atom is 0.352 e. The molecular formula is C19H22N8O7S3. The summed E-state index contributed by atoms with van der Waals surface area (Å²) in [5, 5.41) is 25.1. The Bertz CT molecular complexity index is 1390. The Labute approximate surface area is 218 Å². The fourth-order valence-electron chi connectivity index (χ4n) is 3.89. The molecule has 4 rings (SSSR count). The lowest BCUT2D eigenvalue weighted by molar-refractivity contribution is -0.150. The van der Waals surface area contributed by atoms with Gasteiger partial charge in [-0.3, -0.25) is 19.3 Å². The van der Waals surface area contributed by atoms with Crippen molar-refractivity contribution < 1.29 is 27.9 Å². The third-order valence-electron chi connectivity index (χ3n) is 5.50. The average Bonchev–Trinajstić information content (AvgIpc) is 3.35. The van der Waals surface area contributed by atoms with E-state index in [9.17, 15) is 32.7 Å². The Morgan fingerprint density at radius 1 is 1.38 bits per heavy atom. The van der Waals surface area contributed by atoms with Gasteiger partial charge in [0, 0.05) is 29.3 Å². The number of aromatic amines is 2. The van der Waals surface area contributed by atoms with Crippen LogP contribution in [0.3, 0.4) is 0 Å². The molecule has 2 amide bonds. The number of carboxylic acids is 1. The van der Waals surface area contributed by atoms with E-state index in [1.165, 1.54) is 24.0 Å². The van der Waals surface area contributed by atoms with Gasteiger partial charge < -0.3 is 15.4 Å². The summed E-state index contributed by atoms with van der Waals surface area (Å²) < 4.78 is 25.4. The fraction of sp³-hybridized carbons (Fsp3) is 0.421. The Morgan fingerprint density at radius 3 is 2.81 bits per heavy atom. The second-order valence-corrected chi connectivity index (χ2v) is 12.2. The lowest BCUT2D eigenvalue weighted by Gasteiger charge is -2.50. The van der Waals surface area contributed by atoms with Crippen molar-refractivity contribution in [2.75, 3.05) is 18.6 Å². The third-order valence-corrected chi connectivity index (χ3v) is 8.72. The highest BCUT2D eigenvalue weighted by molar-refractivity contribution is 8.01. The van der Waals surface area contributed by atoms with Crippen LogP contribution in [0, 0.1) is 0 Å². The summed E-state index contributed by atoms with van der Waals surface area (Å²) in [4.78, 5) is 53.2. The number of thioether (sulfide) groups is 2. The number of aliphatic carboxylic acids is 1. The van der Waals surface area contributed by atoms with Crippen LogP contribution in [0.4, 0.5) is 0 Å². The lowest BCUT2D eigenvalue weighted by atomic mass is 10.00. The molecule has 1 saturated heterocycles. The summed E-state index contributed by atoms with van der Waals surface area (Å²) in [5.41, 5.74) is -0.00762. The number of nitrogens with one attached hydrogen (secondary N) is 4. The number of aromatic nitrogens is 5. The largest absolute Gasteiger partial charge is 0.477 e. The van der Waals surface area contributed by atoms with Gasteiger partial charge in [-0.2, -0.15) is 5.21 Å². The van der Waals surface area contributed by atoms with Crippen molar-refractivity contribution in [3.05, 3.63) is 45.5 Å². The predicted molar refractivity (Wildman–Crippen MR) is 132 cm³/mol. The lowest BCUT2D eigenvalue weighted by Crippen LogP contribution is -2.70. The smallest absolute Gasteiger partial charge is 0.352 e. The Balaban J connectivity index is 1.53. The number of amides is 2. The van der Waals surface area contributed by atoms with E-state index in [4.69, 9.17) is 0 Å². The Morgan fingerprint density at radius 2 is 2.16 bits per heavy atom. The molecule has 0 aliphatic carbocycles. The van der Waals surface area contributed by atoms with Crippen LogP contribution < -0.4 is 15.6 Å². The molecule has 18 heteroatoms. The van der Waals surface area contributed by atoms with E-state index in [0.717, 1.165) is 22.9 Å². The van der Waals surface area contributed by atoms with Gasteiger partial charge in [0.05, 0.1) is 12.7 Å². The molecule has 2 aromatic heterocycles. The first-order valence-corrected chi connectivity index (χ1v) is 14.6. The second kappa shape index (κ2) is 11.0. The predicted octanol–water partition coefficient (Wildman–Crippen LogP) is -1.73. The molecule has 2 aromatic rings. The molecule has 0 saturated carbocycles. The number of H-pyrrole nitrogens is 2. The number of carbonyl (C=O) groups excluding carboxylic acids is 2. The minimum atomic E-state index is -3.48. The second-order valence-electron chi connectivity index (χ2n) is 8.09. The van der Waals surface area contributed by atoms with Gasteiger partial charge in [0.15, 0.2) is 0 Å². The van der Waals surface area contributed by atoms with E-state index in [2.05, 4.69) is 35.6 Å². The van der Waals surface area contributed by atoms with Crippen molar-refractivity contribution in [3.63, 3.8) is 0 Å². The van der Waals surface area contributed by atoms with Gasteiger partial charge in [0.25, 0.3) is 11.5 Å². The number of carbonyl (C=O) groups is 3. The molecule has 15 nitrogen and oxygen atoms in total. The maximum atomic E-state index is 13.0. The standard InChI is InChI=1S/C19H22N8O7S3/c1-37(33,34)21-6-4-11(36-19-23-25-26-24-19)10-8-35-17-13(16(30)27(17)14(10)18(31)32)22-12(28)7-9-3-2-5-20-15(9)29/h2-3,5,11,13,17,21H,4,6-8H2,1H3,(H,20,29)(H,22,28)(H,31,32)(H,23,24,25,26)/t11?,13-,17+/m1/s1.